The lowest BCUT2D eigenvalue weighted by atomic mass is 9.96. The standard InChI is InChI=1S/2C43H25N3O2.C43H25N3OS/c1-2-10-28(11-3-1)41-44-42(46-43(45-41)30-22-23-36-34(25-30)33-13-6-7-15-35(33)47-36)29-19-17-27(18-20-29)32-14-8-16-37-39(32)40-31-12-5-4-9-26(31)21-24-38(40)48-37;1-2-10-28(11-3-1)41-44-42(46-43(45-41)30-21-23-34-33-13-6-7-15-35(33)47-38(34)25-30)29-19-17-27(18-20-29)32-14-8-16-36-39(32)40-31-12-5-4-9-26(31)22-24-37(40)48-36;1-2-10-28(11-3-1)41-44-42(46-43(45-41)30-21-23-34-33-13-6-7-15-35(33)47-36(34)25-30)29-19-17-27(18-20-29)32-14-8-16-37-39(32)40-31-12-5-4-9-26(31)22-24-38(40)48-37/h3*1-25H. The van der Waals surface area contributed by atoms with Crippen LogP contribution in [-0.4, -0.2) is 44.9 Å². The van der Waals surface area contributed by atoms with Gasteiger partial charge in [-0.3, -0.25) is 0 Å². The second-order valence-corrected chi connectivity index (χ2v) is 37.1. The maximum atomic E-state index is 6.34. The van der Waals surface area contributed by atoms with Crippen LogP contribution in [0.2, 0.25) is 0 Å². The molecule has 21 aromatic carbocycles. The van der Waals surface area contributed by atoms with Crippen molar-refractivity contribution in [3.05, 3.63) is 455 Å². The molecule has 0 bridgehead atoms. The molecule has 30 rings (SSSR count). The molecule has 0 N–H and O–H groups in total. The Morgan fingerprint density at radius 2 is 0.382 bits per heavy atom. The van der Waals surface area contributed by atoms with Crippen molar-refractivity contribution in [2.45, 2.75) is 0 Å². The van der Waals surface area contributed by atoms with Gasteiger partial charge in [-0.1, -0.05) is 358 Å². The molecule has 0 amide bonds. The summed E-state index contributed by atoms with van der Waals surface area (Å²) in [6, 6.07) is 156. The third-order valence-electron chi connectivity index (χ3n) is 27.4. The summed E-state index contributed by atoms with van der Waals surface area (Å²) < 4.78 is 33.8. The van der Waals surface area contributed by atoms with Gasteiger partial charge in [0.2, 0.25) is 0 Å². The largest absolute Gasteiger partial charge is 0.456 e. The Morgan fingerprint density at radius 1 is 0.132 bits per heavy atom. The van der Waals surface area contributed by atoms with Gasteiger partial charge in [0.05, 0.1) is 0 Å². The van der Waals surface area contributed by atoms with E-state index in [1.165, 1.54) is 58.1 Å². The molecule has 0 fully saturated rings. The molecule has 672 valence electrons. The maximum absolute atomic E-state index is 6.34. The summed E-state index contributed by atoms with van der Waals surface area (Å²) in [6.07, 6.45) is 0. The number of fused-ring (bicyclic) bond motifs is 24. The van der Waals surface area contributed by atoms with E-state index in [1.54, 1.807) is 0 Å². The zero-order valence-corrected chi connectivity index (χ0v) is 77.6. The first-order chi connectivity index (χ1) is 71.3. The van der Waals surface area contributed by atoms with E-state index < -0.39 is 0 Å². The zero-order chi connectivity index (χ0) is 94.8. The average molecular weight is 1860 g/mol. The van der Waals surface area contributed by atoms with Crippen LogP contribution in [0, 0.1) is 0 Å². The van der Waals surface area contributed by atoms with E-state index in [0.29, 0.717) is 52.4 Å². The van der Waals surface area contributed by atoms with Crippen LogP contribution in [0.4, 0.5) is 0 Å². The molecule has 144 heavy (non-hydrogen) atoms. The highest BCUT2D eigenvalue weighted by Gasteiger charge is 2.25. The number of hydrogen-bond donors (Lipinski definition) is 0. The fourth-order valence-corrected chi connectivity index (χ4v) is 21.7. The van der Waals surface area contributed by atoms with Crippen molar-refractivity contribution in [1.29, 1.82) is 0 Å². The molecule has 0 radical (unpaired) electrons. The van der Waals surface area contributed by atoms with Gasteiger partial charge < -0.3 is 22.1 Å². The molecule has 0 spiro atoms. The Kier molecular flexibility index (Phi) is 19.8. The predicted octanol–water partition coefficient (Wildman–Crippen LogP) is 34.9. The van der Waals surface area contributed by atoms with Crippen molar-refractivity contribution in [2.24, 2.45) is 0 Å². The van der Waals surface area contributed by atoms with Crippen LogP contribution >= 0.6 is 11.3 Å². The molecular weight excluding hydrogens is 1790 g/mol. The number of rotatable bonds is 12. The number of nitrogens with zero attached hydrogens (tertiary/aromatic N) is 9. The van der Waals surface area contributed by atoms with Gasteiger partial charge in [0.15, 0.2) is 52.4 Å². The van der Waals surface area contributed by atoms with Crippen molar-refractivity contribution >= 4 is 174 Å². The summed E-state index contributed by atoms with van der Waals surface area (Å²) in [4.78, 5) is 44.8. The van der Waals surface area contributed by atoms with Crippen LogP contribution in [0.3, 0.4) is 0 Å². The van der Waals surface area contributed by atoms with E-state index in [1.807, 2.05) is 193 Å². The number of benzene rings is 21. The van der Waals surface area contributed by atoms with Gasteiger partial charge in [0, 0.05) is 124 Å². The summed E-state index contributed by atoms with van der Waals surface area (Å²) in [7, 11) is 0. The molecule has 9 heterocycles. The number of thiophene rings is 1. The Hall–Kier alpha value is -19.4. The normalized spacial score (nSPS) is 11.8. The van der Waals surface area contributed by atoms with Crippen LogP contribution in [-0.2, 0) is 0 Å². The molecule has 0 atom stereocenters. The number of para-hydroxylation sites is 3. The van der Waals surface area contributed by atoms with E-state index in [4.69, 9.17) is 66.9 Å². The molecule has 0 saturated heterocycles. The van der Waals surface area contributed by atoms with Crippen LogP contribution < -0.4 is 0 Å². The molecule has 14 nitrogen and oxygen atoms in total. The molecular formula is C129H75N9O5S. The summed E-state index contributed by atoms with van der Waals surface area (Å²) in [5.41, 5.74) is 23.5. The van der Waals surface area contributed by atoms with E-state index in [-0.39, 0.29) is 0 Å². The lowest BCUT2D eigenvalue weighted by Gasteiger charge is -2.10. The van der Waals surface area contributed by atoms with Crippen molar-refractivity contribution in [3.8, 4) is 136 Å². The SMILES string of the molecule is c1ccc(-c2nc(-c3ccc(-c4cccc5oc6ccc7ccccc7c6c45)cc3)nc(-c3ccc4c(c3)oc3ccccc34)n2)cc1.c1ccc(-c2nc(-c3ccc(-c4cccc5oc6ccc7ccccc7c6c45)cc3)nc(-c3ccc4oc5ccccc5c4c3)n2)cc1.c1ccc(-c2nc(-c3ccc(-c4cccc5sc6ccc7ccccc7c6c45)cc3)nc(-c3ccc4c(c3)oc3ccccc34)n2)cc1. The smallest absolute Gasteiger partial charge is 0.164 e. The number of aromatic nitrogens is 9. The summed E-state index contributed by atoms with van der Waals surface area (Å²) in [5.74, 6) is 5.51. The summed E-state index contributed by atoms with van der Waals surface area (Å²) >= 11 is 1.85. The first-order valence-electron chi connectivity index (χ1n) is 47.8. The number of furan rings is 5. The van der Waals surface area contributed by atoms with E-state index in [0.717, 1.165) is 188 Å². The van der Waals surface area contributed by atoms with Crippen molar-refractivity contribution < 1.29 is 22.1 Å². The Labute approximate surface area is 825 Å². The van der Waals surface area contributed by atoms with Gasteiger partial charge in [0.1, 0.15) is 55.8 Å². The molecule has 9 aromatic heterocycles. The van der Waals surface area contributed by atoms with Gasteiger partial charge >= 0.3 is 0 Å². The minimum atomic E-state index is 0.590. The van der Waals surface area contributed by atoms with E-state index in [9.17, 15) is 0 Å². The highest BCUT2D eigenvalue weighted by molar-refractivity contribution is 7.26. The highest BCUT2D eigenvalue weighted by Crippen LogP contribution is 2.48. The fraction of sp³-hybridized carbons (Fsp3) is 0. The predicted molar refractivity (Wildman–Crippen MR) is 587 cm³/mol. The minimum absolute atomic E-state index is 0.590. The molecule has 15 heteroatoms. The van der Waals surface area contributed by atoms with Crippen LogP contribution in [0.1, 0.15) is 0 Å². The van der Waals surface area contributed by atoms with Gasteiger partial charge in [-0.25, -0.2) is 44.9 Å². The van der Waals surface area contributed by atoms with Crippen LogP contribution in [0.5, 0.6) is 0 Å². The van der Waals surface area contributed by atoms with Crippen molar-refractivity contribution in [2.75, 3.05) is 0 Å². The summed E-state index contributed by atoms with van der Waals surface area (Å²) in [5, 5.41) is 20.9. The first-order valence-corrected chi connectivity index (χ1v) is 48.6. The average Bonchev–Trinajstić information content (AvgIpc) is 1.59. The van der Waals surface area contributed by atoms with E-state index in [2.05, 4.69) is 273 Å². The first kappa shape index (κ1) is 82.9. The Balaban J connectivity index is 0.000000105. The summed E-state index contributed by atoms with van der Waals surface area (Å²) in [6.45, 7) is 0. The van der Waals surface area contributed by atoms with Gasteiger partial charge in [-0.15, -0.1) is 11.3 Å². The van der Waals surface area contributed by atoms with Crippen LogP contribution in [0.25, 0.3) is 298 Å². The third kappa shape index (κ3) is 14.6. The maximum Gasteiger partial charge on any atom is 0.164 e. The molecule has 0 aliphatic rings. The topological polar surface area (TPSA) is 182 Å². The molecule has 0 aliphatic heterocycles. The lowest BCUT2D eigenvalue weighted by molar-refractivity contribution is 0.668. The van der Waals surface area contributed by atoms with Gasteiger partial charge in [-0.2, -0.15) is 0 Å². The highest BCUT2D eigenvalue weighted by atomic mass is 32.1. The second kappa shape index (κ2) is 34.4. The lowest BCUT2D eigenvalue weighted by Crippen LogP contribution is -2.00. The van der Waals surface area contributed by atoms with E-state index >= 15 is 0 Å². The van der Waals surface area contributed by atoms with Gasteiger partial charge in [0.25, 0.3) is 0 Å². The van der Waals surface area contributed by atoms with Crippen molar-refractivity contribution in [3.63, 3.8) is 0 Å². The van der Waals surface area contributed by atoms with Crippen molar-refractivity contribution in [1.82, 2.24) is 44.9 Å². The molecule has 0 saturated carbocycles. The Bertz CT molecular complexity index is 9970. The quantitative estimate of drug-likeness (QED) is 0.113. The van der Waals surface area contributed by atoms with Crippen LogP contribution in [0.15, 0.2) is 477 Å². The fourth-order valence-electron chi connectivity index (χ4n) is 20.5. The zero-order valence-electron chi connectivity index (χ0n) is 76.8. The van der Waals surface area contributed by atoms with Gasteiger partial charge in [-0.05, 0) is 163 Å². The molecule has 0 aliphatic carbocycles. The monoisotopic (exact) mass is 1860 g/mol. The Morgan fingerprint density at radius 3 is 0.792 bits per heavy atom. The second-order valence-electron chi connectivity index (χ2n) is 36.0. The number of hydrogen-bond acceptors (Lipinski definition) is 15. The third-order valence-corrected chi connectivity index (χ3v) is 28.6. The minimum Gasteiger partial charge on any atom is -0.456 e. The molecule has 30 aromatic rings. The molecule has 0 unspecified atom stereocenters.